The number of tetrazole rings is 1. The third-order valence-electron chi connectivity index (χ3n) is 4.71. The van der Waals surface area contributed by atoms with E-state index in [1.165, 1.54) is 0 Å². The number of hydrogen-bond donors (Lipinski definition) is 1. The van der Waals surface area contributed by atoms with Gasteiger partial charge >= 0.3 is 0 Å². The van der Waals surface area contributed by atoms with E-state index in [4.69, 9.17) is 27.5 Å². The van der Waals surface area contributed by atoms with Crippen LogP contribution in [0.2, 0.25) is 5.02 Å². The van der Waals surface area contributed by atoms with Crippen molar-refractivity contribution >= 4 is 11.6 Å². The molecule has 0 aliphatic carbocycles. The quantitative estimate of drug-likeness (QED) is 0.564. The third kappa shape index (κ3) is 4.83. The molecule has 0 fully saturated rings. The molecule has 1 N–H and O–H groups in total. The van der Waals surface area contributed by atoms with Gasteiger partial charge in [0.1, 0.15) is 0 Å². The Morgan fingerprint density at radius 1 is 1.34 bits per heavy atom. The zero-order valence-corrected chi connectivity index (χ0v) is 17.5. The Labute approximate surface area is 174 Å². The lowest BCUT2D eigenvalue weighted by atomic mass is 10.0. The predicted molar refractivity (Wildman–Crippen MR) is 108 cm³/mol. The topological polar surface area (TPSA) is 98.8 Å². The molecule has 1 aromatic carbocycles. The van der Waals surface area contributed by atoms with E-state index in [1.807, 2.05) is 19.1 Å². The highest BCUT2D eigenvalue weighted by Crippen LogP contribution is 2.39. The maximum atomic E-state index is 6.45. The van der Waals surface area contributed by atoms with Gasteiger partial charge in [0.15, 0.2) is 23.0 Å². The zero-order chi connectivity index (χ0) is 20.9. The highest BCUT2D eigenvalue weighted by molar-refractivity contribution is 6.32. The standard InChI is InChI=1S/C19H24ClN7O2/c1-5-7-8-19(23-24-19)9-10-21-16(18-22-25-26-27(18)3)13-11-14(20)17(28-4)15(12-13)29-6-2/h1,11-12,16,21H,6-10H2,2-4H3. The molecule has 1 aromatic heterocycles. The second-order valence-corrected chi connectivity index (χ2v) is 7.06. The van der Waals surface area contributed by atoms with Crippen LogP contribution in [0.4, 0.5) is 0 Å². The first-order valence-electron chi connectivity index (χ1n) is 9.37. The van der Waals surface area contributed by atoms with Crippen LogP contribution in [0, 0.1) is 12.3 Å². The fraction of sp³-hybridized carbons (Fsp3) is 0.526. The Morgan fingerprint density at radius 3 is 2.72 bits per heavy atom. The van der Waals surface area contributed by atoms with Crippen LogP contribution in [0.25, 0.3) is 0 Å². The van der Waals surface area contributed by atoms with Gasteiger partial charge in [-0.2, -0.15) is 10.2 Å². The van der Waals surface area contributed by atoms with Gasteiger partial charge in [0.05, 0.1) is 24.8 Å². The van der Waals surface area contributed by atoms with E-state index in [-0.39, 0.29) is 11.7 Å². The normalized spacial score (nSPS) is 15.0. The van der Waals surface area contributed by atoms with Crippen LogP contribution in [0.15, 0.2) is 22.4 Å². The van der Waals surface area contributed by atoms with Crippen molar-refractivity contribution in [3.8, 4) is 23.8 Å². The van der Waals surface area contributed by atoms with Crippen molar-refractivity contribution < 1.29 is 9.47 Å². The van der Waals surface area contributed by atoms with Gasteiger partial charge in [0, 0.05) is 32.9 Å². The molecule has 0 spiro atoms. The van der Waals surface area contributed by atoms with Crippen LogP contribution in [-0.2, 0) is 7.05 Å². The molecule has 3 rings (SSSR count). The minimum absolute atomic E-state index is 0.305. The fourth-order valence-electron chi connectivity index (χ4n) is 3.14. The summed E-state index contributed by atoms with van der Waals surface area (Å²) < 4.78 is 12.7. The molecule has 2 aromatic rings. The number of terminal acetylenes is 1. The molecule has 2 heterocycles. The average Bonchev–Trinajstić information content (AvgIpc) is 3.35. The number of hydrogen-bond acceptors (Lipinski definition) is 8. The summed E-state index contributed by atoms with van der Waals surface area (Å²) in [5.74, 6) is 4.36. The maximum absolute atomic E-state index is 6.45. The van der Waals surface area contributed by atoms with Crippen molar-refractivity contribution in [1.29, 1.82) is 0 Å². The van der Waals surface area contributed by atoms with Gasteiger partial charge in [-0.3, -0.25) is 0 Å². The molecule has 29 heavy (non-hydrogen) atoms. The largest absolute Gasteiger partial charge is 0.491 e. The average molecular weight is 418 g/mol. The smallest absolute Gasteiger partial charge is 0.193 e. The summed E-state index contributed by atoms with van der Waals surface area (Å²) in [6.07, 6.45) is 7.50. The Kier molecular flexibility index (Phi) is 6.67. The van der Waals surface area contributed by atoms with Gasteiger partial charge in [-0.05, 0) is 35.0 Å². The van der Waals surface area contributed by atoms with Gasteiger partial charge < -0.3 is 14.8 Å². The van der Waals surface area contributed by atoms with Crippen LogP contribution in [0.3, 0.4) is 0 Å². The first-order valence-corrected chi connectivity index (χ1v) is 9.74. The molecule has 10 heteroatoms. The van der Waals surface area contributed by atoms with Crippen LogP contribution in [-0.4, -0.2) is 46.1 Å². The molecule has 0 saturated heterocycles. The first-order chi connectivity index (χ1) is 14.0. The Morgan fingerprint density at radius 2 is 2.14 bits per heavy atom. The maximum Gasteiger partial charge on any atom is 0.193 e. The van der Waals surface area contributed by atoms with Crippen LogP contribution < -0.4 is 14.8 Å². The molecular formula is C19H24ClN7O2. The lowest BCUT2D eigenvalue weighted by Crippen LogP contribution is -2.29. The molecule has 0 amide bonds. The number of aromatic nitrogens is 4. The van der Waals surface area contributed by atoms with Gasteiger partial charge in [-0.1, -0.05) is 11.6 Å². The highest BCUT2D eigenvalue weighted by Gasteiger charge is 2.38. The molecule has 154 valence electrons. The molecule has 0 saturated carbocycles. The molecule has 1 aliphatic rings. The molecule has 0 radical (unpaired) electrons. The minimum atomic E-state index is -0.365. The summed E-state index contributed by atoms with van der Waals surface area (Å²) in [5.41, 5.74) is 0.496. The number of ether oxygens (including phenoxy) is 2. The van der Waals surface area contributed by atoms with E-state index < -0.39 is 0 Å². The Balaban J connectivity index is 1.83. The lowest BCUT2D eigenvalue weighted by Gasteiger charge is -2.21. The van der Waals surface area contributed by atoms with E-state index in [0.29, 0.717) is 41.9 Å². The number of benzene rings is 1. The van der Waals surface area contributed by atoms with Crippen molar-refractivity contribution in [3.63, 3.8) is 0 Å². The minimum Gasteiger partial charge on any atom is -0.491 e. The summed E-state index contributed by atoms with van der Waals surface area (Å²) >= 11 is 6.45. The molecule has 1 aliphatic heterocycles. The van der Waals surface area contributed by atoms with Gasteiger partial charge in [-0.15, -0.1) is 17.4 Å². The number of halogens is 1. The molecule has 0 bridgehead atoms. The van der Waals surface area contributed by atoms with Gasteiger partial charge in [0.25, 0.3) is 0 Å². The highest BCUT2D eigenvalue weighted by atomic mass is 35.5. The van der Waals surface area contributed by atoms with E-state index in [1.54, 1.807) is 18.8 Å². The summed E-state index contributed by atoms with van der Waals surface area (Å²) in [4.78, 5) is 0. The van der Waals surface area contributed by atoms with Crippen LogP contribution >= 0.6 is 11.6 Å². The van der Waals surface area contributed by atoms with Gasteiger partial charge in [-0.25, -0.2) is 4.68 Å². The zero-order valence-electron chi connectivity index (χ0n) is 16.7. The fourth-order valence-corrected chi connectivity index (χ4v) is 3.44. The molecule has 1 unspecified atom stereocenters. The number of nitrogens with one attached hydrogen (secondary N) is 1. The van der Waals surface area contributed by atoms with Crippen molar-refractivity contribution in [3.05, 3.63) is 28.5 Å². The van der Waals surface area contributed by atoms with E-state index >= 15 is 0 Å². The molecular weight excluding hydrogens is 394 g/mol. The van der Waals surface area contributed by atoms with Crippen LogP contribution in [0.1, 0.15) is 43.6 Å². The lowest BCUT2D eigenvalue weighted by molar-refractivity contribution is 0.310. The number of nitrogens with zero attached hydrogens (tertiary/aromatic N) is 6. The molecule has 9 nitrogen and oxygen atoms in total. The van der Waals surface area contributed by atoms with Crippen molar-refractivity contribution in [1.82, 2.24) is 25.5 Å². The van der Waals surface area contributed by atoms with Gasteiger partial charge in [0.2, 0.25) is 0 Å². The second-order valence-electron chi connectivity index (χ2n) is 6.65. The Hall–Kier alpha value is -2.70. The molecule has 1 atom stereocenters. The second kappa shape index (κ2) is 9.20. The van der Waals surface area contributed by atoms with E-state index in [9.17, 15) is 0 Å². The summed E-state index contributed by atoms with van der Waals surface area (Å²) in [6.45, 7) is 3.03. The Bertz CT molecular complexity index is 916. The number of methoxy groups -OCH3 is 1. The van der Waals surface area contributed by atoms with Crippen molar-refractivity contribution in [2.45, 2.75) is 37.9 Å². The third-order valence-corrected chi connectivity index (χ3v) is 4.99. The SMILES string of the molecule is C#CCCC1(CCNC(c2cc(Cl)c(OC)c(OCC)c2)c2nnnn2C)N=N1. The van der Waals surface area contributed by atoms with E-state index in [0.717, 1.165) is 18.4 Å². The number of aryl methyl sites for hydroxylation is 1. The summed E-state index contributed by atoms with van der Waals surface area (Å²) in [5, 5.41) is 24.2. The van der Waals surface area contributed by atoms with Crippen molar-refractivity contribution in [2.24, 2.45) is 17.3 Å². The summed E-state index contributed by atoms with van der Waals surface area (Å²) in [6, 6.07) is 3.41. The monoisotopic (exact) mass is 417 g/mol. The summed E-state index contributed by atoms with van der Waals surface area (Å²) in [7, 11) is 3.35. The first kappa shape index (κ1) is 21.0. The van der Waals surface area contributed by atoms with Crippen molar-refractivity contribution in [2.75, 3.05) is 20.3 Å². The number of rotatable bonds is 11. The predicted octanol–water partition coefficient (Wildman–Crippen LogP) is 2.92. The van der Waals surface area contributed by atoms with Crippen LogP contribution in [0.5, 0.6) is 11.5 Å². The van der Waals surface area contributed by atoms with E-state index in [2.05, 4.69) is 37.0 Å².